The average Bonchev–Trinajstić information content (AvgIpc) is 3.36. The van der Waals surface area contributed by atoms with Crippen molar-refractivity contribution in [3.8, 4) is 0 Å². The van der Waals surface area contributed by atoms with Gasteiger partial charge in [0.15, 0.2) is 0 Å². The van der Waals surface area contributed by atoms with Gasteiger partial charge in [-0.05, 0) is 55.8 Å². The molecule has 4 aliphatic rings. The van der Waals surface area contributed by atoms with Crippen LogP contribution in [0.5, 0.6) is 0 Å². The fourth-order valence-electron chi connectivity index (χ4n) is 5.23. The minimum absolute atomic E-state index is 0.121. The number of benzene rings is 1. The van der Waals surface area contributed by atoms with Crippen LogP contribution in [0.4, 0.5) is 0 Å². The lowest BCUT2D eigenvalue weighted by atomic mass is 9.99. The summed E-state index contributed by atoms with van der Waals surface area (Å²) in [5.74, 6) is -1.09. The predicted octanol–water partition coefficient (Wildman–Crippen LogP) is 0.320. The monoisotopic (exact) mass is 396 g/mol. The molecule has 3 atom stereocenters. The molecular weight excluding hydrogens is 372 g/mol. The van der Waals surface area contributed by atoms with Crippen molar-refractivity contribution in [2.24, 2.45) is 5.92 Å². The summed E-state index contributed by atoms with van der Waals surface area (Å²) in [6.07, 6.45) is 4.00. The number of rotatable bonds is 5. The zero-order valence-electron chi connectivity index (χ0n) is 16.1. The summed E-state index contributed by atoms with van der Waals surface area (Å²) in [7, 11) is 0. The molecule has 2 saturated heterocycles. The van der Waals surface area contributed by atoms with Crippen LogP contribution in [0.25, 0.3) is 0 Å². The Labute approximate surface area is 168 Å². The van der Waals surface area contributed by atoms with E-state index in [0.717, 1.165) is 29.5 Å². The summed E-state index contributed by atoms with van der Waals surface area (Å²) < 4.78 is 0. The van der Waals surface area contributed by atoms with Crippen molar-refractivity contribution in [2.75, 3.05) is 13.1 Å². The number of hydrogen-bond acceptors (Lipinski definition) is 6. The second-order valence-corrected chi connectivity index (χ2v) is 8.70. The second-order valence-electron chi connectivity index (χ2n) is 8.70. The molecule has 1 saturated carbocycles. The van der Waals surface area contributed by atoms with E-state index >= 15 is 0 Å². The normalized spacial score (nSPS) is 30.8. The van der Waals surface area contributed by atoms with Crippen molar-refractivity contribution in [1.82, 2.24) is 20.9 Å². The van der Waals surface area contributed by atoms with Crippen molar-refractivity contribution in [3.05, 3.63) is 34.9 Å². The van der Waals surface area contributed by atoms with Crippen molar-refractivity contribution in [1.29, 1.82) is 0 Å². The van der Waals surface area contributed by atoms with Gasteiger partial charge >= 0.3 is 0 Å². The van der Waals surface area contributed by atoms with Gasteiger partial charge in [-0.25, -0.2) is 0 Å². The van der Waals surface area contributed by atoms with E-state index in [9.17, 15) is 19.2 Å². The largest absolute Gasteiger partial charge is 0.311 e. The Morgan fingerprint density at radius 2 is 1.93 bits per heavy atom. The average molecular weight is 396 g/mol. The smallest absolute Gasteiger partial charge is 0.262 e. The van der Waals surface area contributed by atoms with Crippen LogP contribution < -0.4 is 16.0 Å². The summed E-state index contributed by atoms with van der Waals surface area (Å²) in [5, 5.41) is 9.33. The molecule has 8 heteroatoms. The van der Waals surface area contributed by atoms with Crippen molar-refractivity contribution >= 4 is 23.6 Å². The lowest BCUT2D eigenvalue weighted by Crippen LogP contribution is -2.54. The molecule has 8 nitrogen and oxygen atoms in total. The topological polar surface area (TPSA) is 108 Å². The third kappa shape index (κ3) is 3.07. The molecule has 2 bridgehead atoms. The third-order valence-corrected chi connectivity index (χ3v) is 6.77. The van der Waals surface area contributed by atoms with Crippen LogP contribution in [-0.2, 0) is 16.1 Å². The highest BCUT2D eigenvalue weighted by Crippen LogP contribution is 2.39. The Kier molecular flexibility index (Phi) is 4.29. The van der Waals surface area contributed by atoms with Crippen LogP contribution in [0.15, 0.2) is 18.2 Å². The van der Waals surface area contributed by atoms with Gasteiger partial charge < -0.3 is 10.6 Å². The highest BCUT2D eigenvalue weighted by Gasteiger charge is 2.45. The van der Waals surface area contributed by atoms with Crippen molar-refractivity contribution in [3.63, 3.8) is 0 Å². The van der Waals surface area contributed by atoms with Gasteiger partial charge in [0.2, 0.25) is 11.8 Å². The Morgan fingerprint density at radius 3 is 2.62 bits per heavy atom. The quantitative estimate of drug-likeness (QED) is 0.619. The van der Waals surface area contributed by atoms with Crippen LogP contribution in [0, 0.1) is 5.92 Å². The van der Waals surface area contributed by atoms with Gasteiger partial charge in [0.05, 0.1) is 11.1 Å². The summed E-state index contributed by atoms with van der Waals surface area (Å²) in [5.41, 5.74) is 1.78. The van der Waals surface area contributed by atoms with Gasteiger partial charge in [0.1, 0.15) is 6.04 Å². The molecule has 3 aliphatic heterocycles. The Bertz CT molecular complexity index is 919. The molecule has 3 unspecified atom stereocenters. The number of hydrogen-bond donors (Lipinski definition) is 3. The third-order valence-electron chi connectivity index (χ3n) is 6.77. The Balaban J connectivity index is 1.28. The molecule has 5 rings (SSSR count). The molecule has 152 valence electrons. The van der Waals surface area contributed by atoms with E-state index in [-0.39, 0.29) is 24.3 Å². The number of fused-ring (bicyclic) bond motifs is 3. The molecule has 3 heterocycles. The summed E-state index contributed by atoms with van der Waals surface area (Å²) in [4.78, 5) is 50.1. The highest BCUT2D eigenvalue weighted by molar-refractivity contribution is 6.23. The standard InChI is InChI=1S/C21H24N4O4/c26-17-4-3-16(18(27)24-17)25-19(28)14-2-1-12(7-15(14)20(25)29)9-22-11-21-6-5-13(8-21)10-23-21/h1-2,7,13,16,22-23H,3-6,8-11H2,(H,24,26,27). The number of nitrogens with one attached hydrogen (secondary N) is 3. The zero-order valence-corrected chi connectivity index (χ0v) is 16.1. The van der Waals surface area contributed by atoms with E-state index in [0.29, 0.717) is 17.7 Å². The van der Waals surface area contributed by atoms with Crippen LogP contribution >= 0.6 is 0 Å². The highest BCUT2D eigenvalue weighted by atomic mass is 16.2. The summed E-state index contributed by atoms with van der Waals surface area (Å²) in [6.45, 7) is 2.60. The van der Waals surface area contributed by atoms with Crippen LogP contribution in [0.1, 0.15) is 58.4 Å². The SMILES string of the molecule is O=C1CCC(N2C(=O)c3ccc(CNCC45CCC(CN4)C5)cc3C2=O)C(=O)N1. The number of imide groups is 2. The minimum atomic E-state index is -0.926. The maximum Gasteiger partial charge on any atom is 0.262 e. The molecular formula is C21H24N4O4. The molecule has 3 N–H and O–H groups in total. The fraction of sp³-hybridized carbons (Fsp3) is 0.524. The van der Waals surface area contributed by atoms with E-state index in [1.807, 2.05) is 6.07 Å². The number of nitrogens with zero attached hydrogens (tertiary/aromatic N) is 1. The first kappa shape index (κ1) is 18.4. The molecule has 0 radical (unpaired) electrons. The van der Waals surface area contributed by atoms with Gasteiger partial charge in [0.25, 0.3) is 11.8 Å². The molecule has 3 fully saturated rings. The first-order valence-corrected chi connectivity index (χ1v) is 10.3. The second kappa shape index (κ2) is 6.74. The van der Waals surface area contributed by atoms with Gasteiger partial charge in [-0.1, -0.05) is 6.07 Å². The van der Waals surface area contributed by atoms with Gasteiger partial charge in [-0.15, -0.1) is 0 Å². The van der Waals surface area contributed by atoms with E-state index in [1.165, 1.54) is 19.3 Å². The van der Waals surface area contributed by atoms with E-state index in [4.69, 9.17) is 0 Å². The number of piperidine rings is 2. The van der Waals surface area contributed by atoms with Crippen LogP contribution in [-0.4, -0.2) is 53.2 Å². The molecule has 1 aromatic carbocycles. The molecule has 0 aromatic heterocycles. The molecule has 0 spiro atoms. The number of carbonyl (C=O) groups is 4. The fourth-order valence-corrected chi connectivity index (χ4v) is 5.23. The molecule has 29 heavy (non-hydrogen) atoms. The van der Waals surface area contributed by atoms with Crippen molar-refractivity contribution < 1.29 is 19.2 Å². The van der Waals surface area contributed by atoms with Crippen molar-refractivity contribution in [2.45, 2.75) is 50.2 Å². The maximum atomic E-state index is 12.9. The number of amides is 4. The predicted molar refractivity (Wildman–Crippen MR) is 103 cm³/mol. The first-order valence-electron chi connectivity index (χ1n) is 10.3. The molecule has 1 aromatic rings. The Morgan fingerprint density at radius 1 is 1.10 bits per heavy atom. The number of carbonyl (C=O) groups excluding carboxylic acids is 4. The molecule has 4 amide bonds. The summed E-state index contributed by atoms with van der Waals surface area (Å²) in [6, 6.07) is 4.33. The van der Waals surface area contributed by atoms with Gasteiger partial charge in [0, 0.05) is 25.0 Å². The van der Waals surface area contributed by atoms with Crippen LogP contribution in [0.3, 0.4) is 0 Å². The zero-order chi connectivity index (χ0) is 20.2. The van der Waals surface area contributed by atoms with E-state index in [1.54, 1.807) is 12.1 Å². The first-order chi connectivity index (χ1) is 14.0. The maximum absolute atomic E-state index is 12.9. The molecule has 1 aliphatic carbocycles. The lowest BCUT2D eigenvalue weighted by Gasteiger charge is -2.28. The van der Waals surface area contributed by atoms with Gasteiger partial charge in [-0.3, -0.25) is 29.4 Å². The Hall–Kier alpha value is -2.58. The van der Waals surface area contributed by atoms with E-state index < -0.39 is 23.8 Å². The lowest BCUT2D eigenvalue weighted by molar-refractivity contribution is -0.136. The minimum Gasteiger partial charge on any atom is -0.311 e. The van der Waals surface area contributed by atoms with Crippen LogP contribution in [0.2, 0.25) is 0 Å². The van der Waals surface area contributed by atoms with E-state index in [2.05, 4.69) is 16.0 Å². The van der Waals surface area contributed by atoms with Gasteiger partial charge in [-0.2, -0.15) is 0 Å². The summed E-state index contributed by atoms with van der Waals surface area (Å²) >= 11 is 0.